The van der Waals surface area contributed by atoms with Crippen molar-refractivity contribution >= 4 is 16.2 Å². The standard InChI is InChI=1S/C22H29FN2O7S/c1-22(2,3)32-21(26)25(11-12-31-33(5,27)28)14-17-13-18(19(29-4)20(23)24-17)30-15-16-9-7-6-8-10-16/h6-10,13H,11-12,14-15H2,1-5H3. The van der Waals surface area contributed by atoms with Crippen molar-refractivity contribution < 1.29 is 36.0 Å². The van der Waals surface area contributed by atoms with Crippen molar-refractivity contribution in [2.24, 2.45) is 0 Å². The van der Waals surface area contributed by atoms with Crippen molar-refractivity contribution in [3.05, 3.63) is 53.6 Å². The molecule has 0 atom stereocenters. The van der Waals surface area contributed by atoms with Crippen molar-refractivity contribution in [3.8, 4) is 11.5 Å². The lowest BCUT2D eigenvalue weighted by Gasteiger charge is -2.27. The Bertz CT molecular complexity index is 1040. The number of hydrogen-bond donors (Lipinski definition) is 0. The summed E-state index contributed by atoms with van der Waals surface area (Å²) >= 11 is 0. The van der Waals surface area contributed by atoms with Gasteiger partial charge in [-0.25, -0.2) is 9.78 Å². The van der Waals surface area contributed by atoms with Crippen LogP contribution in [0.1, 0.15) is 32.0 Å². The summed E-state index contributed by atoms with van der Waals surface area (Å²) in [5.74, 6) is -0.964. The highest BCUT2D eigenvalue weighted by molar-refractivity contribution is 7.85. The molecule has 1 aromatic heterocycles. The van der Waals surface area contributed by atoms with E-state index in [1.165, 1.54) is 18.1 Å². The van der Waals surface area contributed by atoms with E-state index in [0.29, 0.717) is 0 Å². The van der Waals surface area contributed by atoms with Crippen LogP contribution in [0, 0.1) is 5.95 Å². The minimum Gasteiger partial charge on any atom is -0.489 e. The van der Waals surface area contributed by atoms with Crippen LogP contribution in [-0.2, 0) is 32.2 Å². The van der Waals surface area contributed by atoms with E-state index >= 15 is 0 Å². The molecular formula is C22H29FN2O7S. The lowest BCUT2D eigenvalue weighted by molar-refractivity contribution is 0.0207. The van der Waals surface area contributed by atoms with E-state index in [-0.39, 0.29) is 43.5 Å². The summed E-state index contributed by atoms with van der Waals surface area (Å²) in [4.78, 5) is 17.7. The van der Waals surface area contributed by atoms with Crippen molar-refractivity contribution in [3.63, 3.8) is 0 Å². The third-order valence-corrected chi connectivity index (χ3v) is 4.65. The molecule has 33 heavy (non-hydrogen) atoms. The number of aromatic nitrogens is 1. The van der Waals surface area contributed by atoms with Crippen LogP contribution in [0.4, 0.5) is 9.18 Å². The quantitative estimate of drug-likeness (QED) is 0.373. The van der Waals surface area contributed by atoms with Crippen LogP contribution in [-0.4, -0.2) is 56.5 Å². The van der Waals surface area contributed by atoms with Crippen LogP contribution in [0.15, 0.2) is 36.4 Å². The molecule has 0 unspecified atom stereocenters. The molecule has 0 aliphatic carbocycles. The summed E-state index contributed by atoms with van der Waals surface area (Å²) in [6.07, 6.45) is 0.172. The Morgan fingerprint density at radius 3 is 2.42 bits per heavy atom. The Kier molecular flexibility index (Phi) is 9.00. The van der Waals surface area contributed by atoms with Crippen LogP contribution in [0.3, 0.4) is 0 Å². The van der Waals surface area contributed by atoms with Crippen molar-refractivity contribution in [1.29, 1.82) is 0 Å². The normalized spacial score (nSPS) is 11.7. The SMILES string of the molecule is COc1c(OCc2ccccc2)cc(CN(CCOS(C)(=O)=O)C(=O)OC(C)(C)C)nc1F. The maximum Gasteiger partial charge on any atom is 0.410 e. The van der Waals surface area contributed by atoms with E-state index in [9.17, 15) is 17.6 Å². The van der Waals surface area contributed by atoms with Gasteiger partial charge in [0.2, 0.25) is 5.75 Å². The van der Waals surface area contributed by atoms with Crippen LogP contribution in [0.5, 0.6) is 11.5 Å². The molecule has 11 heteroatoms. The van der Waals surface area contributed by atoms with Gasteiger partial charge in [0.25, 0.3) is 16.1 Å². The average molecular weight is 485 g/mol. The fraction of sp³-hybridized carbons (Fsp3) is 0.455. The molecule has 182 valence electrons. The number of benzene rings is 1. The lowest BCUT2D eigenvalue weighted by Crippen LogP contribution is -2.38. The van der Waals surface area contributed by atoms with E-state index in [1.807, 2.05) is 30.3 Å². The number of methoxy groups -OCH3 is 1. The number of nitrogens with zero attached hydrogens (tertiary/aromatic N) is 2. The molecule has 2 rings (SSSR count). The van der Waals surface area contributed by atoms with Gasteiger partial charge in [0.15, 0.2) is 5.75 Å². The molecule has 1 amide bonds. The number of halogens is 1. The summed E-state index contributed by atoms with van der Waals surface area (Å²) in [5, 5.41) is 0. The zero-order chi connectivity index (χ0) is 24.6. The predicted octanol–water partition coefficient (Wildman–Crippen LogP) is 3.52. The van der Waals surface area contributed by atoms with Crippen LogP contribution in [0.25, 0.3) is 0 Å². The Morgan fingerprint density at radius 2 is 1.85 bits per heavy atom. The van der Waals surface area contributed by atoms with Crippen molar-refractivity contribution in [2.45, 2.75) is 39.5 Å². The number of hydrogen-bond acceptors (Lipinski definition) is 8. The second-order valence-corrected chi connectivity index (χ2v) is 9.78. The fourth-order valence-corrected chi connectivity index (χ4v) is 3.07. The summed E-state index contributed by atoms with van der Waals surface area (Å²) in [7, 11) is -2.40. The molecule has 0 radical (unpaired) electrons. The molecule has 0 aliphatic heterocycles. The van der Waals surface area contributed by atoms with E-state index in [0.717, 1.165) is 11.8 Å². The first-order chi connectivity index (χ1) is 15.4. The largest absolute Gasteiger partial charge is 0.489 e. The molecule has 0 saturated heterocycles. The van der Waals surface area contributed by atoms with E-state index in [1.54, 1.807) is 20.8 Å². The summed E-state index contributed by atoms with van der Waals surface area (Å²) in [6, 6.07) is 10.7. The van der Waals surface area contributed by atoms with E-state index in [4.69, 9.17) is 18.4 Å². The monoisotopic (exact) mass is 484 g/mol. The van der Waals surface area contributed by atoms with E-state index in [2.05, 4.69) is 4.98 Å². The minimum absolute atomic E-state index is 0.111. The van der Waals surface area contributed by atoms with Crippen LogP contribution < -0.4 is 9.47 Å². The third kappa shape index (κ3) is 9.22. The summed E-state index contributed by atoms with van der Waals surface area (Å²) in [6.45, 7) is 4.64. The minimum atomic E-state index is -3.70. The van der Waals surface area contributed by atoms with Crippen molar-refractivity contribution in [1.82, 2.24) is 9.88 Å². The molecule has 1 heterocycles. The van der Waals surface area contributed by atoms with Gasteiger partial charge in [-0.05, 0) is 26.3 Å². The molecule has 0 saturated carbocycles. The Balaban J connectivity index is 2.25. The smallest absolute Gasteiger partial charge is 0.410 e. The van der Waals surface area contributed by atoms with Gasteiger partial charge in [0.1, 0.15) is 12.2 Å². The Labute approximate surface area is 193 Å². The second kappa shape index (κ2) is 11.3. The van der Waals surface area contributed by atoms with Gasteiger partial charge in [-0.2, -0.15) is 12.8 Å². The second-order valence-electron chi connectivity index (χ2n) is 8.14. The molecule has 0 aliphatic rings. The predicted molar refractivity (Wildman–Crippen MR) is 119 cm³/mol. The highest BCUT2D eigenvalue weighted by Gasteiger charge is 2.24. The molecule has 0 spiro atoms. The van der Waals surface area contributed by atoms with Crippen molar-refractivity contribution in [2.75, 3.05) is 26.5 Å². The van der Waals surface area contributed by atoms with Gasteiger partial charge in [0.05, 0.1) is 32.2 Å². The Hall–Kier alpha value is -2.92. The number of pyridine rings is 1. The van der Waals surface area contributed by atoms with Crippen LogP contribution in [0.2, 0.25) is 0 Å². The molecule has 0 fully saturated rings. The molecule has 0 N–H and O–H groups in total. The van der Waals surface area contributed by atoms with Gasteiger partial charge in [-0.3, -0.25) is 9.08 Å². The first-order valence-corrected chi connectivity index (χ1v) is 11.9. The summed E-state index contributed by atoms with van der Waals surface area (Å²) in [5.41, 5.74) is 0.225. The summed E-state index contributed by atoms with van der Waals surface area (Å²) < 4.78 is 58.1. The number of amides is 1. The molecule has 2 aromatic rings. The van der Waals surface area contributed by atoms with Gasteiger partial charge in [-0.15, -0.1) is 0 Å². The third-order valence-electron chi connectivity index (χ3n) is 4.06. The van der Waals surface area contributed by atoms with E-state index < -0.39 is 27.8 Å². The maximum atomic E-state index is 14.6. The average Bonchev–Trinajstić information content (AvgIpc) is 2.70. The van der Waals surface area contributed by atoms with Gasteiger partial charge in [-0.1, -0.05) is 30.3 Å². The highest BCUT2D eigenvalue weighted by Crippen LogP contribution is 2.31. The molecule has 9 nitrogen and oxygen atoms in total. The molecule has 0 bridgehead atoms. The number of carbonyl (C=O) groups is 1. The lowest BCUT2D eigenvalue weighted by atomic mass is 10.2. The number of carbonyl (C=O) groups excluding carboxylic acids is 1. The molecule has 1 aromatic carbocycles. The fourth-order valence-electron chi connectivity index (χ4n) is 2.69. The first-order valence-electron chi connectivity index (χ1n) is 10.1. The van der Waals surface area contributed by atoms with Crippen LogP contribution >= 0.6 is 0 Å². The first kappa shape index (κ1) is 26.3. The highest BCUT2D eigenvalue weighted by atomic mass is 32.2. The topological polar surface area (TPSA) is 104 Å². The van der Waals surface area contributed by atoms with Gasteiger partial charge < -0.3 is 14.2 Å². The van der Waals surface area contributed by atoms with Gasteiger partial charge in [0, 0.05) is 12.6 Å². The Morgan fingerprint density at radius 1 is 1.18 bits per heavy atom. The zero-order valence-electron chi connectivity index (χ0n) is 19.3. The maximum absolute atomic E-state index is 14.6. The number of rotatable bonds is 10. The zero-order valence-corrected chi connectivity index (χ0v) is 20.1. The number of ether oxygens (including phenoxy) is 3. The van der Waals surface area contributed by atoms with Gasteiger partial charge >= 0.3 is 6.09 Å². The molecular weight excluding hydrogens is 455 g/mol.